The Kier molecular flexibility index (Phi) is 6.33. The third-order valence-electron chi connectivity index (χ3n) is 6.58. The number of aryl methyl sites for hydroxylation is 1. The van der Waals surface area contributed by atoms with Crippen molar-refractivity contribution in [3.8, 4) is 0 Å². The minimum absolute atomic E-state index is 0.175. The van der Waals surface area contributed by atoms with Crippen LogP contribution in [0.3, 0.4) is 0 Å². The highest BCUT2D eigenvalue weighted by molar-refractivity contribution is 6.36. The van der Waals surface area contributed by atoms with Crippen LogP contribution < -0.4 is 10.2 Å². The molecule has 0 unspecified atom stereocenters. The molecule has 0 spiro atoms. The Morgan fingerprint density at radius 1 is 0.886 bits per heavy atom. The molecule has 178 valence electrons. The van der Waals surface area contributed by atoms with Gasteiger partial charge in [-0.3, -0.25) is 19.5 Å². The number of hydrogen-bond donors (Lipinski definition) is 1. The lowest BCUT2D eigenvalue weighted by atomic mass is 10.0. The second kappa shape index (κ2) is 9.72. The lowest BCUT2D eigenvalue weighted by Gasteiger charge is -2.34. The van der Waals surface area contributed by atoms with Gasteiger partial charge < -0.3 is 15.1 Å². The largest absolute Gasteiger partial charge is 0.369 e. The Balaban J connectivity index is 1.43. The standard InChI is InChI=1S/C28H29N5O2/c1-20-5-7-22(8-6-20)25-26(28(35)33(27(25)34)19-21-4-3-13-29-18-21)30-23-9-11-24(12-10-23)32-16-14-31(2)15-17-32/h3-13,18,30H,14-17,19H2,1-2H3. The number of likely N-dealkylation sites (N-methyl/N-ethyl adjacent to an activating group) is 1. The van der Waals surface area contributed by atoms with Crippen LogP contribution in [0, 0.1) is 6.92 Å². The van der Waals surface area contributed by atoms with Crippen molar-refractivity contribution in [3.05, 3.63) is 95.4 Å². The number of nitrogens with zero attached hydrogens (tertiary/aromatic N) is 4. The van der Waals surface area contributed by atoms with Gasteiger partial charge in [-0.25, -0.2) is 0 Å². The molecule has 1 N–H and O–H groups in total. The zero-order valence-corrected chi connectivity index (χ0v) is 20.1. The van der Waals surface area contributed by atoms with E-state index < -0.39 is 0 Å². The molecule has 35 heavy (non-hydrogen) atoms. The molecule has 3 aromatic rings. The van der Waals surface area contributed by atoms with Crippen LogP contribution in [0.1, 0.15) is 16.7 Å². The van der Waals surface area contributed by atoms with Crippen molar-refractivity contribution in [2.45, 2.75) is 13.5 Å². The second-order valence-corrected chi connectivity index (χ2v) is 9.14. The van der Waals surface area contributed by atoms with E-state index in [1.54, 1.807) is 18.5 Å². The molecule has 2 aromatic carbocycles. The Bertz CT molecular complexity index is 1240. The van der Waals surface area contributed by atoms with Crippen LogP contribution >= 0.6 is 0 Å². The summed E-state index contributed by atoms with van der Waals surface area (Å²) in [4.78, 5) is 37.0. The topological polar surface area (TPSA) is 68.8 Å². The summed E-state index contributed by atoms with van der Waals surface area (Å²) >= 11 is 0. The van der Waals surface area contributed by atoms with Crippen LogP contribution in [0.2, 0.25) is 0 Å². The fourth-order valence-electron chi connectivity index (χ4n) is 4.46. The van der Waals surface area contributed by atoms with Gasteiger partial charge in [0.1, 0.15) is 5.70 Å². The Morgan fingerprint density at radius 2 is 1.60 bits per heavy atom. The summed E-state index contributed by atoms with van der Waals surface area (Å²) < 4.78 is 0. The molecule has 7 heteroatoms. The summed E-state index contributed by atoms with van der Waals surface area (Å²) in [7, 11) is 2.14. The van der Waals surface area contributed by atoms with Gasteiger partial charge in [-0.05, 0) is 55.4 Å². The van der Waals surface area contributed by atoms with E-state index >= 15 is 0 Å². The van der Waals surface area contributed by atoms with Gasteiger partial charge in [0.05, 0.1) is 12.1 Å². The number of amides is 2. The van der Waals surface area contributed by atoms with Crippen molar-refractivity contribution in [2.75, 3.05) is 43.4 Å². The Hall–Kier alpha value is -3.97. The van der Waals surface area contributed by atoms with Crippen LogP contribution in [0.25, 0.3) is 5.57 Å². The minimum atomic E-state index is -0.336. The maximum Gasteiger partial charge on any atom is 0.278 e. The normalized spacial score (nSPS) is 16.9. The number of aromatic nitrogens is 1. The zero-order valence-electron chi connectivity index (χ0n) is 20.1. The van der Waals surface area contributed by atoms with Crippen LogP contribution in [0.5, 0.6) is 0 Å². The highest BCUT2D eigenvalue weighted by Gasteiger charge is 2.39. The average molecular weight is 468 g/mol. The predicted molar refractivity (Wildman–Crippen MR) is 138 cm³/mol. The SMILES string of the molecule is Cc1ccc(C2=C(Nc3ccc(N4CCN(C)CC4)cc3)C(=O)N(Cc3cccnc3)C2=O)cc1. The first kappa shape index (κ1) is 22.8. The molecular formula is C28H29N5O2. The zero-order chi connectivity index (χ0) is 24.4. The van der Waals surface area contributed by atoms with Crippen LogP contribution in [-0.4, -0.2) is 59.8 Å². The van der Waals surface area contributed by atoms with Gasteiger partial charge in [0.15, 0.2) is 0 Å². The molecule has 3 heterocycles. The van der Waals surface area contributed by atoms with E-state index in [2.05, 4.69) is 39.3 Å². The van der Waals surface area contributed by atoms with Crippen molar-refractivity contribution in [1.29, 1.82) is 0 Å². The summed E-state index contributed by atoms with van der Waals surface area (Å²) in [6.45, 7) is 6.22. The molecule has 2 amide bonds. The molecule has 0 bridgehead atoms. The molecule has 0 atom stereocenters. The summed E-state index contributed by atoms with van der Waals surface area (Å²) in [6, 6.07) is 19.4. The highest BCUT2D eigenvalue weighted by atomic mass is 16.2. The molecule has 1 aromatic heterocycles. The predicted octanol–water partition coefficient (Wildman–Crippen LogP) is 3.53. The van der Waals surface area contributed by atoms with E-state index in [4.69, 9.17) is 0 Å². The summed E-state index contributed by atoms with van der Waals surface area (Å²) in [5.41, 5.74) is 5.23. The van der Waals surface area contributed by atoms with Crippen molar-refractivity contribution < 1.29 is 9.59 Å². The van der Waals surface area contributed by atoms with Crippen molar-refractivity contribution in [3.63, 3.8) is 0 Å². The van der Waals surface area contributed by atoms with Gasteiger partial charge in [0.25, 0.3) is 11.8 Å². The van der Waals surface area contributed by atoms with Gasteiger partial charge in [0, 0.05) is 49.9 Å². The average Bonchev–Trinajstić information content (AvgIpc) is 3.10. The second-order valence-electron chi connectivity index (χ2n) is 9.14. The number of hydrogen-bond acceptors (Lipinski definition) is 6. The summed E-state index contributed by atoms with van der Waals surface area (Å²) in [5.74, 6) is -0.642. The molecule has 0 saturated carbocycles. The highest BCUT2D eigenvalue weighted by Crippen LogP contribution is 2.32. The molecule has 0 aliphatic carbocycles. The maximum atomic E-state index is 13.5. The first-order valence-electron chi connectivity index (χ1n) is 11.9. The molecule has 7 nitrogen and oxygen atoms in total. The number of rotatable bonds is 6. The lowest BCUT2D eigenvalue weighted by Crippen LogP contribution is -2.44. The van der Waals surface area contributed by atoms with E-state index in [1.807, 2.05) is 49.4 Å². The summed E-state index contributed by atoms with van der Waals surface area (Å²) in [6.07, 6.45) is 3.35. The van der Waals surface area contributed by atoms with Crippen molar-refractivity contribution in [1.82, 2.24) is 14.8 Å². The quantitative estimate of drug-likeness (QED) is 0.560. The number of benzene rings is 2. The van der Waals surface area contributed by atoms with Gasteiger partial charge >= 0.3 is 0 Å². The number of pyridine rings is 1. The minimum Gasteiger partial charge on any atom is -0.369 e. The molecule has 1 fully saturated rings. The number of nitrogens with one attached hydrogen (secondary N) is 1. The Labute approximate surface area is 205 Å². The number of imide groups is 1. The fraction of sp³-hybridized carbons (Fsp3) is 0.250. The third-order valence-corrected chi connectivity index (χ3v) is 6.58. The van der Waals surface area contributed by atoms with Gasteiger partial charge in [-0.15, -0.1) is 0 Å². The van der Waals surface area contributed by atoms with E-state index in [-0.39, 0.29) is 18.4 Å². The molecule has 2 aliphatic heterocycles. The number of carbonyl (C=O) groups excluding carboxylic acids is 2. The number of anilines is 2. The van der Waals surface area contributed by atoms with E-state index in [1.165, 1.54) is 4.90 Å². The molecule has 1 saturated heterocycles. The van der Waals surface area contributed by atoms with Crippen molar-refractivity contribution in [2.24, 2.45) is 0 Å². The van der Waals surface area contributed by atoms with E-state index in [0.29, 0.717) is 11.3 Å². The van der Waals surface area contributed by atoms with Gasteiger partial charge in [-0.2, -0.15) is 0 Å². The fourth-order valence-corrected chi connectivity index (χ4v) is 4.46. The van der Waals surface area contributed by atoms with Crippen LogP contribution in [0.4, 0.5) is 11.4 Å². The number of piperazine rings is 1. The maximum absolute atomic E-state index is 13.5. The summed E-state index contributed by atoms with van der Waals surface area (Å²) in [5, 5.41) is 3.26. The van der Waals surface area contributed by atoms with Crippen LogP contribution in [0.15, 0.2) is 78.8 Å². The van der Waals surface area contributed by atoms with Gasteiger partial charge in [0.2, 0.25) is 0 Å². The van der Waals surface area contributed by atoms with Crippen molar-refractivity contribution >= 4 is 28.8 Å². The lowest BCUT2D eigenvalue weighted by molar-refractivity contribution is -0.137. The van der Waals surface area contributed by atoms with Gasteiger partial charge in [-0.1, -0.05) is 35.9 Å². The number of carbonyl (C=O) groups is 2. The molecule has 2 aliphatic rings. The first-order valence-corrected chi connectivity index (χ1v) is 11.9. The third kappa shape index (κ3) is 4.81. The first-order chi connectivity index (χ1) is 17.0. The molecule has 5 rings (SSSR count). The molecular weight excluding hydrogens is 438 g/mol. The van der Waals surface area contributed by atoms with E-state index in [9.17, 15) is 9.59 Å². The molecule has 0 radical (unpaired) electrons. The van der Waals surface area contributed by atoms with Crippen LogP contribution in [-0.2, 0) is 16.1 Å². The van der Waals surface area contributed by atoms with E-state index in [0.717, 1.165) is 54.2 Å². The Morgan fingerprint density at radius 3 is 2.26 bits per heavy atom. The monoisotopic (exact) mass is 467 g/mol. The smallest absolute Gasteiger partial charge is 0.278 e.